The average molecular weight is 359 g/mol. The Kier molecular flexibility index (Phi) is 6.41. The molecule has 2 aromatic carbocycles. The molecule has 0 atom stereocenters. The quantitative estimate of drug-likeness (QED) is 0.349. The molecule has 0 radical (unpaired) electrons. The van der Waals surface area contributed by atoms with E-state index in [0.717, 1.165) is 6.42 Å². The van der Waals surface area contributed by atoms with Crippen molar-refractivity contribution in [3.63, 3.8) is 0 Å². The van der Waals surface area contributed by atoms with Crippen LogP contribution in [0.1, 0.15) is 23.7 Å². The Morgan fingerprint density at radius 1 is 1.08 bits per heavy atom. The minimum Gasteiger partial charge on any atom is -0.462 e. The van der Waals surface area contributed by atoms with Gasteiger partial charge in [0.25, 0.3) is 5.69 Å². The molecule has 0 saturated carbocycles. The molecule has 0 aromatic heterocycles. The van der Waals surface area contributed by atoms with Gasteiger partial charge in [0.15, 0.2) is 5.11 Å². The normalized spacial score (nSPS) is 9.96. The second kappa shape index (κ2) is 8.74. The number of nitro benzene ring substituents is 1. The van der Waals surface area contributed by atoms with Gasteiger partial charge < -0.3 is 15.4 Å². The number of ether oxygens (including phenoxy) is 1. The van der Waals surface area contributed by atoms with Gasteiger partial charge in [0, 0.05) is 23.5 Å². The first-order valence-corrected chi connectivity index (χ1v) is 8.00. The van der Waals surface area contributed by atoms with Crippen LogP contribution in [0.5, 0.6) is 0 Å². The molecule has 2 rings (SSSR count). The molecule has 0 aliphatic heterocycles. The topological polar surface area (TPSA) is 93.5 Å². The predicted octanol–water partition coefficient (Wildman–Crippen LogP) is 3.97. The number of rotatable bonds is 6. The van der Waals surface area contributed by atoms with Gasteiger partial charge in [-0.2, -0.15) is 0 Å². The van der Waals surface area contributed by atoms with Gasteiger partial charge in [-0.3, -0.25) is 10.1 Å². The number of esters is 1. The SMILES string of the molecule is CCCOC(=O)c1ccc(NC(=S)Nc2ccc([N+](=O)[O-])cc2)cc1. The van der Waals surface area contributed by atoms with Crippen LogP contribution in [0.3, 0.4) is 0 Å². The smallest absolute Gasteiger partial charge is 0.338 e. The summed E-state index contributed by atoms with van der Waals surface area (Å²) in [6, 6.07) is 12.6. The van der Waals surface area contributed by atoms with E-state index in [-0.39, 0.29) is 11.7 Å². The number of carbonyl (C=O) groups is 1. The standard InChI is InChI=1S/C17H17N3O4S/c1-2-11-24-16(21)12-3-5-13(6-4-12)18-17(25)19-14-7-9-15(10-8-14)20(22)23/h3-10H,2,11H2,1H3,(H2,18,19,25). The lowest BCUT2D eigenvalue weighted by atomic mass is 10.2. The van der Waals surface area contributed by atoms with Gasteiger partial charge in [0.05, 0.1) is 17.1 Å². The number of benzene rings is 2. The van der Waals surface area contributed by atoms with Crippen LogP contribution in [0, 0.1) is 10.1 Å². The number of non-ortho nitro benzene ring substituents is 1. The van der Waals surface area contributed by atoms with E-state index in [9.17, 15) is 14.9 Å². The fraction of sp³-hybridized carbons (Fsp3) is 0.176. The van der Waals surface area contributed by atoms with Crippen LogP contribution in [-0.2, 0) is 4.74 Å². The Labute approximate surface area is 150 Å². The van der Waals surface area contributed by atoms with Gasteiger partial charge in [0.1, 0.15) is 0 Å². The Hall–Kier alpha value is -3.00. The second-order valence-electron chi connectivity index (χ2n) is 5.10. The van der Waals surface area contributed by atoms with Crippen LogP contribution >= 0.6 is 12.2 Å². The predicted molar refractivity (Wildman–Crippen MR) is 100.0 cm³/mol. The van der Waals surface area contributed by atoms with Crippen molar-refractivity contribution in [3.8, 4) is 0 Å². The molecular formula is C17H17N3O4S. The fourth-order valence-corrected chi connectivity index (χ4v) is 2.16. The summed E-state index contributed by atoms with van der Waals surface area (Å²) in [5.41, 5.74) is 1.80. The van der Waals surface area contributed by atoms with Crippen molar-refractivity contribution in [2.24, 2.45) is 0 Å². The summed E-state index contributed by atoms with van der Waals surface area (Å²) in [6.45, 7) is 2.32. The molecule has 0 unspecified atom stereocenters. The molecule has 0 aliphatic carbocycles. The average Bonchev–Trinajstić information content (AvgIpc) is 2.60. The first-order chi connectivity index (χ1) is 12.0. The van der Waals surface area contributed by atoms with Gasteiger partial charge >= 0.3 is 5.97 Å². The minimum absolute atomic E-state index is 0.00924. The van der Waals surface area contributed by atoms with Gasteiger partial charge in [-0.05, 0) is 55.0 Å². The van der Waals surface area contributed by atoms with E-state index >= 15 is 0 Å². The maximum atomic E-state index is 11.7. The summed E-state index contributed by atoms with van der Waals surface area (Å²) in [4.78, 5) is 21.9. The third kappa shape index (κ3) is 5.54. The highest BCUT2D eigenvalue weighted by atomic mass is 32.1. The zero-order valence-corrected chi connectivity index (χ0v) is 14.3. The molecule has 7 nitrogen and oxygen atoms in total. The van der Waals surface area contributed by atoms with Crippen LogP contribution in [0.2, 0.25) is 0 Å². The van der Waals surface area contributed by atoms with E-state index in [2.05, 4.69) is 10.6 Å². The number of nitrogens with one attached hydrogen (secondary N) is 2. The van der Waals surface area contributed by atoms with Gasteiger partial charge in [-0.1, -0.05) is 6.92 Å². The number of thiocarbonyl (C=S) groups is 1. The summed E-state index contributed by atoms with van der Waals surface area (Å²) in [7, 11) is 0. The molecule has 0 bridgehead atoms. The largest absolute Gasteiger partial charge is 0.462 e. The van der Waals surface area contributed by atoms with E-state index in [0.29, 0.717) is 28.7 Å². The Balaban J connectivity index is 1.91. The maximum Gasteiger partial charge on any atom is 0.338 e. The van der Waals surface area contributed by atoms with Gasteiger partial charge in [-0.25, -0.2) is 4.79 Å². The molecule has 25 heavy (non-hydrogen) atoms. The zero-order valence-electron chi connectivity index (χ0n) is 13.5. The van der Waals surface area contributed by atoms with E-state index in [1.165, 1.54) is 12.1 Å². The van der Waals surface area contributed by atoms with Crippen molar-refractivity contribution in [1.82, 2.24) is 0 Å². The van der Waals surface area contributed by atoms with E-state index in [1.807, 2.05) is 6.92 Å². The van der Waals surface area contributed by atoms with Crippen LogP contribution in [0.4, 0.5) is 17.1 Å². The summed E-state index contributed by atoms with van der Waals surface area (Å²) in [6.07, 6.45) is 0.772. The summed E-state index contributed by atoms with van der Waals surface area (Å²) < 4.78 is 5.06. The summed E-state index contributed by atoms with van der Waals surface area (Å²) in [5.74, 6) is -0.361. The number of nitrogens with zero attached hydrogens (tertiary/aromatic N) is 1. The number of hydrogen-bond donors (Lipinski definition) is 2. The Morgan fingerprint density at radius 2 is 1.60 bits per heavy atom. The van der Waals surface area contributed by atoms with E-state index < -0.39 is 4.92 Å². The van der Waals surface area contributed by atoms with E-state index in [1.54, 1.807) is 36.4 Å². The first-order valence-electron chi connectivity index (χ1n) is 7.59. The summed E-state index contributed by atoms with van der Waals surface area (Å²) in [5, 5.41) is 16.9. The van der Waals surface area contributed by atoms with Crippen molar-refractivity contribution in [2.45, 2.75) is 13.3 Å². The molecule has 0 saturated heterocycles. The molecule has 0 heterocycles. The van der Waals surface area contributed by atoms with Crippen molar-refractivity contribution >= 4 is 40.4 Å². The number of hydrogen-bond acceptors (Lipinski definition) is 5. The monoisotopic (exact) mass is 359 g/mol. The minimum atomic E-state index is -0.465. The summed E-state index contributed by atoms with van der Waals surface area (Å²) >= 11 is 5.20. The molecule has 0 spiro atoms. The molecule has 130 valence electrons. The van der Waals surface area contributed by atoms with Crippen molar-refractivity contribution in [3.05, 3.63) is 64.2 Å². The molecular weight excluding hydrogens is 342 g/mol. The third-order valence-corrected chi connectivity index (χ3v) is 3.36. The highest BCUT2D eigenvalue weighted by Crippen LogP contribution is 2.16. The van der Waals surface area contributed by atoms with Crippen LogP contribution in [-0.4, -0.2) is 22.6 Å². The first kappa shape index (κ1) is 18.3. The third-order valence-electron chi connectivity index (χ3n) is 3.15. The Morgan fingerprint density at radius 3 is 2.08 bits per heavy atom. The maximum absolute atomic E-state index is 11.7. The zero-order chi connectivity index (χ0) is 18.2. The lowest BCUT2D eigenvalue weighted by Gasteiger charge is -2.11. The van der Waals surface area contributed by atoms with Gasteiger partial charge in [0.2, 0.25) is 0 Å². The van der Waals surface area contributed by atoms with Crippen molar-refractivity contribution in [1.29, 1.82) is 0 Å². The highest BCUT2D eigenvalue weighted by molar-refractivity contribution is 7.80. The molecule has 0 fully saturated rings. The van der Waals surface area contributed by atoms with E-state index in [4.69, 9.17) is 17.0 Å². The lowest BCUT2D eigenvalue weighted by Crippen LogP contribution is -2.19. The number of nitro groups is 1. The molecule has 2 aromatic rings. The van der Waals surface area contributed by atoms with Crippen molar-refractivity contribution in [2.75, 3.05) is 17.2 Å². The molecule has 0 amide bonds. The molecule has 2 N–H and O–H groups in total. The molecule has 8 heteroatoms. The number of carbonyl (C=O) groups excluding carboxylic acids is 1. The Bertz CT molecular complexity index is 760. The van der Waals surface area contributed by atoms with Crippen molar-refractivity contribution < 1.29 is 14.5 Å². The lowest BCUT2D eigenvalue weighted by molar-refractivity contribution is -0.384. The van der Waals surface area contributed by atoms with Crippen LogP contribution < -0.4 is 10.6 Å². The van der Waals surface area contributed by atoms with Gasteiger partial charge in [-0.15, -0.1) is 0 Å². The number of anilines is 2. The van der Waals surface area contributed by atoms with Crippen LogP contribution in [0.25, 0.3) is 0 Å². The van der Waals surface area contributed by atoms with Crippen LogP contribution in [0.15, 0.2) is 48.5 Å². The highest BCUT2D eigenvalue weighted by Gasteiger charge is 2.07. The second-order valence-corrected chi connectivity index (χ2v) is 5.50. The molecule has 0 aliphatic rings. The fourth-order valence-electron chi connectivity index (χ4n) is 1.93.